The molecule has 0 heterocycles. The Morgan fingerprint density at radius 2 is 2.12 bits per heavy atom. The fourth-order valence-electron chi connectivity index (χ4n) is 1.57. The van der Waals surface area contributed by atoms with Crippen LogP contribution in [0.15, 0.2) is 27.6 Å². The lowest BCUT2D eigenvalue weighted by Gasteiger charge is -2.08. The zero-order valence-corrected chi connectivity index (χ0v) is 12.3. The van der Waals surface area contributed by atoms with E-state index in [0.29, 0.717) is 12.5 Å². The molecular weight excluding hydrogens is 326 g/mol. The largest absolute Gasteiger partial charge is 0.242 e. The minimum Gasteiger partial charge on any atom is -0.211 e. The summed E-state index contributed by atoms with van der Waals surface area (Å²) in [5.74, 6) is 0.707. The third kappa shape index (κ3) is 3.68. The van der Waals surface area contributed by atoms with Crippen molar-refractivity contribution < 1.29 is 8.42 Å². The van der Waals surface area contributed by atoms with Crippen LogP contribution in [0.5, 0.6) is 0 Å². The Bertz CT molecular complexity index is 514. The van der Waals surface area contributed by atoms with Crippen LogP contribution in [0.25, 0.3) is 0 Å². The highest BCUT2D eigenvalue weighted by molar-refractivity contribution is 9.10. The fourth-order valence-corrected chi connectivity index (χ4v) is 3.66. The van der Waals surface area contributed by atoms with E-state index in [4.69, 9.17) is 11.6 Å². The molecule has 94 valence electrons. The van der Waals surface area contributed by atoms with Gasteiger partial charge in [-0.2, -0.15) is 0 Å². The Balaban J connectivity index is 2.07. The van der Waals surface area contributed by atoms with Crippen LogP contribution in [0.3, 0.4) is 0 Å². The van der Waals surface area contributed by atoms with Gasteiger partial charge in [0.2, 0.25) is 10.0 Å². The van der Waals surface area contributed by atoms with Crippen molar-refractivity contribution in [2.45, 2.75) is 24.2 Å². The monoisotopic (exact) mass is 337 g/mol. The molecule has 1 aliphatic rings. The summed E-state index contributed by atoms with van der Waals surface area (Å²) in [5, 5.41) is 0.235. The number of rotatable bonds is 5. The summed E-state index contributed by atoms with van der Waals surface area (Å²) in [6.45, 7) is 0.486. The molecule has 1 N–H and O–H groups in total. The quantitative estimate of drug-likeness (QED) is 0.896. The molecule has 1 saturated carbocycles. The molecule has 17 heavy (non-hydrogen) atoms. The maximum atomic E-state index is 12.0. The molecule has 0 aromatic heterocycles. The summed E-state index contributed by atoms with van der Waals surface area (Å²) < 4.78 is 27.3. The van der Waals surface area contributed by atoms with Crippen molar-refractivity contribution in [3.63, 3.8) is 0 Å². The molecular formula is C11H13BrClNO2S. The highest BCUT2D eigenvalue weighted by Gasteiger charge is 2.23. The molecule has 0 saturated heterocycles. The first kappa shape index (κ1) is 13.3. The minimum absolute atomic E-state index is 0.137. The predicted octanol–water partition coefficient (Wildman–Crippen LogP) is 3.18. The molecule has 0 aliphatic heterocycles. The second-order valence-corrected chi connectivity index (χ2v) is 7.26. The third-order valence-corrected chi connectivity index (χ3v) is 5.16. The SMILES string of the molecule is O=S(=O)(NCCC1CC1)c1ccc(Br)cc1Cl. The topological polar surface area (TPSA) is 46.2 Å². The Labute approximate surface area is 115 Å². The smallest absolute Gasteiger partial charge is 0.211 e. The highest BCUT2D eigenvalue weighted by Crippen LogP contribution is 2.32. The normalized spacial score (nSPS) is 16.1. The van der Waals surface area contributed by atoms with Gasteiger partial charge in [-0.15, -0.1) is 0 Å². The van der Waals surface area contributed by atoms with Crippen LogP contribution in [0, 0.1) is 5.92 Å². The van der Waals surface area contributed by atoms with Gasteiger partial charge in [-0.05, 0) is 30.5 Å². The van der Waals surface area contributed by atoms with Gasteiger partial charge in [0, 0.05) is 11.0 Å². The van der Waals surface area contributed by atoms with Crippen molar-refractivity contribution in [2.75, 3.05) is 6.54 Å². The molecule has 3 nitrogen and oxygen atoms in total. The van der Waals surface area contributed by atoms with Crippen LogP contribution in [0.4, 0.5) is 0 Å². The Kier molecular flexibility index (Phi) is 4.13. The van der Waals surface area contributed by atoms with E-state index < -0.39 is 10.0 Å². The van der Waals surface area contributed by atoms with Crippen molar-refractivity contribution in [3.05, 3.63) is 27.7 Å². The van der Waals surface area contributed by atoms with E-state index in [9.17, 15) is 8.42 Å². The molecule has 0 bridgehead atoms. The first-order valence-corrected chi connectivity index (χ1v) is 8.09. The lowest BCUT2D eigenvalue weighted by molar-refractivity contribution is 0.575. The van der Waals surface area contributed by atoms with Crippen molar-refractivity contribution in [1.82, 2.24) is 4.72 Å². The lowest BCUT2D eigenvalue weighted by atomic mass is 10.3. The molecule has 0 amide bonds. The van der Waals surface area contributed by atoms with Crippen molar-refractivity contribution >= 4 is 37.6 Å². The lowest BCUT2D eigenvalue weighted by Crippen LogP contribution is -2.25. The maximum Gasteiger partial charge on any atom is 0.242 e. The zero-order valence-electron chi connectivity index (χ0n) is 9.12. The van der Waals surface area contributed by atoms with Crippen molar-refractivity contribution in [1.29, 1.82) is 0 Å². The number of halogens is 2. The average Bonchev–Trinajstić information content (AvgIpc) is 3.00. The van der Waals surface area contributed by atoms with Gasteiger partial charge in [0.1, 0.15) is 4.90 Å². The summed E-state index contributed by atoms with van der Waals surface area (Å²) in [7, 11) is -3.48. The fraction of sp³-hybridized carbons (Fsp3) is 0.455. The molecule has 1 aromatic rings. The third-order valence-electron chi connectivity index (χ3n) is 2.73. The summed E-state index contributed by atoms with van der Waals surface area (Å²) in [4.78, 5) is 0.137. The van der Waals surface area contributed by atoms with Crippen molar-refractivity contribution in [2.24, 2.45) is 5.92 Å². The van der Waals surface area contributed by atoms with E-state index >= 15 is 0 Å². The van der Waals surface area contributed by atoms with E-state index in [-0.39, 0.29) is 9.92 Å². The molecule has 6 heteroatoms. The molecule has 2 rings (SSSR count). The maximum absolute atomic E-state index is 12.0. The predicted molar refractivity (Wildman–Crippen MR) is 71.7 cm³/mol. The molecule has 0 radical (unpaired) electrons. The summed E-state index contributed by atoms with van der Waals surface area (Å²) >= 11 is 9.16. The number of hydrogen-bond acceptors (Lipinski definition) is 2. The molecule has 1 aliphatic carbocycles. The van der Waals surface area contributed by atoms with Crippen LogP contribution in [-0.4, -0.2) is 15.0 Å². The van der Waals surface area contributed by atoms with Gasteiger partial charge in [0.15, 0.2) is 0 Å². The van der Waals surface area contributed by atoms with E-state index in [2.05, 4.69) is 20.7 Å². The van der Waals surface area contributed by atoms with E-state index in [1.807, 2.05) is 0 Å². The Morgan fingerprint density at radius 3 is 2.71 bits per heavy atom. The molecule has 0 spiro atoms. The van der Waals surface area contributed by atoms with Crippen LogP contribution < -0.4 is 4.72 Å². The first-order valence-electron chi connectivity index (χ1n) is 5.44. The summed E-state index contributed by atoms with van der Waals surface area (Å²) in [5.41, 5.74) is 0. The Morgan fingerprint density at radius 1 is 1.41 bits per heavy atom. The number of nitrogens with one attached hydrogen (secondary N) is 1. The van der Waals surface area contributed by atoms with Gasteiger partial charge in [-0.25, -0.2) is 13.1 Å². The minimum atomic E-state index is -3.48. The molecule has 1 fully saturated rings. The molecule has 0 atom stereocenters. The van der Waals surface area contributed by atoms with Crippen LogP contribution >= 0.6 is 27.5 Å². The second-order valence-electron chi connectivity index (χ2n) is 4.20. The van der Waals surface area contributed by atoms with Gasteiger partial charge >= 0.3 is 0 Å². The van der Waals surface area contributed by atoms with E-state index in [1.165, 1.54) is 18.9 Å². The van der Waals surface area contributed by atoms with Crippen LogP contribution in [0.1, 0.15) is 19.3 Å². The zero-order chi connectivity index (χ0) is 12.5. The van der Waals surface area contributed by atoms with Gasteiger partial charge < -0.3 is 0 Å². The highest BCUT2D eigenvalue weighted by atomic mass is 79.9. The van der Waals surface area contributed by atoms with Gasteiger partial charge in [-0.1, -0.05) is 40.4 Å². The standard InChI is InChI=1S/C11H13BrClNO2S/c12-9-3-4-11(10(13)7-9)17(15,16)14-6-5-8-1-2-8/h3-4,7-8,14H,1-2,5-6H2. The van der Waals surface area contributed by atoms with Crippen molar-refractivity contribution in [3.8, 4) is 0 Å². The van der Waals surface area contributed by atoms with E-state index in [1.54, 1.807) is 12.1 Å². The first-order chi connectivity index (χ1) is 7.99. The average molecular weight is 339 g/mol. The number of hydrogen-bond donors (Lipinski definition) is 1. The Hall–Kier alpha value is -0.100. The molecule has 1 aromatic carbocycles. The van der Waals surface area contributed by atoms with E-state index in [0.717, 1.165) is 10.9 Å². The van der Waals surface area contributed by atoms with Gasteiger partial charge in [0.25, 0.3) is 0 Å². The summed E-state index contributed by atoms with van der Waals surface area (Å²) in [6.07, 6.45) is 3.36. The van der Waals surface area contributed by atoms with Gasteiger partial charge in [0.05, 0.1) is 5.02 Å². The van der Waals surface area contributed by atoms with Crippen LogP contribution in [-0.2, 0) is 10.0 Å². The molecule has 0 unspecified atom stereocenters. The van der Waals surface area contributed by atoms with Crippen LogP contribution in [0.2, 0.25) is 5.02 Å². The number of sulfonamides is 1. The summed E-state index contributed by atoms with van der Waals surface area (Å²) in [6, 6.07) is 4.75. The number of benzene rings is 1. The van der Waals surface area contributed by atoms with Gasteiger partial charge in [-0.3, -0.25) is 0 Å². The second kappa shape index (κ2) is 5.26.